The minimum atomic E-state index is -0.708. The summed E-state index contributed by atoms with van der Waals surface area (Å²) in [6.07, 6.45) is -0.145. The van der Waals surface area contributed by atoms with E-state index in [0.29, 0.717) is 48.2 Å². The maximum Gasteiger partial charge on any atom is 1.00 e. The van der Waals surface area contributed by atoms with Crippen LogP contribution in [0.15, 0.2) is 94.1 Å². The van der Waals surface area contributed by atoms with E-state index < -0.39 is 11.7 Å². The number of aromatic amines is 1. The van der Waals surface area contributed by atoms with E-state index >= 15 is 0 Å². The van der Waals surface area contributed by atoms with Crippen molar-refractivity contribution in [2.75, 3.05) is 0 Å². The van der Waals surface area contributed by atoms with Crippen molar-refractivity contribution >= 4 is 62.4 Å². The van der Waals surface area contributed by atoms with Crippen LogP contribution in [0.5, 0.6) is 0 Å². The van der Waals surface area contributed by atoms with Crippen molar-refractivity contribution in [2.45, 2.75) is 12.3 Å². The molecule has 7 nitrogen and oxygen atoms in total. The number of hydrogen-bond acceptors (Lipinski definition) is 8. The van der Waals surface area contributed by atoms with Crippen molar-refractivity contribution in [1.29, 1.82) is 5.26 Å². The molecule has 6 aromatic rings. The number of rotatable bonds is 7. The average Bonchev–Trinajstić information content (AvgIpc) is 3.68. The second-order valence-electron chi connectivity index (χ2n) is 9.26. The van der Waals surface area contributed by atoms with Crippen LogP contribution in [0, 0.1) is 11.3 Å². The number of para-hydroxylation sites is 1. The van der Waals surface area contributed by atoms with E-state index in [4.69, 9.17) is 33.2 Å². The number of halogens is 2. The van der Waals surface area contributed by atoms with E-state index in [1.54, 1.807) is 53.9 Å². The minimum Gasteiger partial charge on any atom is -0.874 e. The molecule has 0 fully saturated rings. The molecule has 3 heterocycles. The van der Waals surface area contributed by atoms with Crippen molar-refractivity contribution in [3.05, 3.63) is 126 Å². The van der Waals surface area contributed by atoms with Crippen LogP contribution in [0.4, 0.5) is 0 Å². The van der Waals surface area contributed by atoms with Crippen molar-refractivity contribution in [2.24, 2.45) is 0 Å². The number of hydrogen-bond donors (Lipinski definition) is 1. The van der Waals surface area contributed by atoms with Gasteiger partial charge in [0.25, 0.3) is 5.56 Å². The van der Waals surface area contributed by atoms with Gasteiger partial charge < -0.3 is 10.1 Å². The fourth-order valence-electron chi connectivity index (χ4n) is 4.43. The van der Waals surface area contributed by atoms with Gasteiger partial charge in [-0.15, -0.1) is 28.4 Å². The van der Waals surface area contributed by atoms with Crippen LogP contribution in [-0.4, -0.2) is 19.9 Å². The molecule has 1 N–H and O–H groups in total. The van der Waals surface area contributed by atoms with Crippen molar-refractivity contribution in [3.8, 4) is 28.6 Å². The first-order valence-electron chi connectivity index (χ1n) is 12.6. The Morgan fingerprint density at radius 3 is 2.14 bits per heavy atom. The topological polar surface area (TPSA) is 118 Å². The van der Waals surface area contributed by atoms with Crippen LogP contribution >= 0.6 is 45.9 Å². The smallest absolute Gasteiger partial charge is 0.874 e. The second-order valence-corrected chi connectivity index (χ2v) is 11.9. The largest absolute Gasteiger partial charge is 1.00 e. The van der Waals surface area contributed by atoms with Gasteiger partial charge in [-0.2, -0.15) is 5.26 Å². The molecule has 12 heteroatoms. The Hall–Kier alpha value is -2.69. The molecule has 0 spiro atoms. The van der Waals surface area contributed by atoms with Gasteiger partial charge in [0.05, 0.1) is 33.8 Å². The first kappa shape index (κ1) is 31.7. The van der Waals surface area contributed by atoms with Crippen LogP contribution in [0.1, 0.15) is 28.2 Å². The average molecular weight is 667 g/mol. The summed E-state index contributed by atoms with van der Waals surface area (Å²) in [4.78, 5) is 29.9. The predicted octanol–water partition coefficient (Wildman–Crippen LogP) is 4.30. The fourth-order valence-corrected chi connectivity index (χ4v) is 6.45. The summed E-state index contributed by atoms with van der Waals surface area (Å²) in [5.41, 5.74) is 3.12. The van der Waals surface area contributed by atoms with Gasteiger partial charge in [-0.05, 0) is 42.8 Å². The number of nitriles is 1. The molecule has 1 atom stereocenters. The Balaban J connectivity index is 0.00000368. The van der Waals surface area contributed by atoms with E-state index in [1.807, 2.05) is 35.7 Å². The van der Waals surface area contributed by atoms with Gasteiger partial charge in [0.15, 0.2) is 0 Å². The Morgan fingerprint density at radius 2 is 1.49 bits per heavy atom. The summed E-state index contributed by atoms with van der Waals surface area (Å²) in [6.45, 7) is 0. The van der Waals surface area contributed by atoms with Crippen LogP contribution in [0.2, 0.25) is 10.0 Å². The molecular formula is C31H18Cl2KN5O2S2. The van der Waals surface area contributed by atoms with Gasteiger partial charge in [0.2, 0.25) is 0 Å². The van der Waals surface area contributed by atoms with E-state index in [2.05, 4.69) is 9.97 Å². The molecule has 206 valence electrons. The van der Waals surface area contributed by atoms with Gasteiger partial charge >= 0.3 is 51.4 Å². The summed E-state index contributed by atoms with van der Waals surface area (Å²) in [5, 5.41) is 29.9. The zero-order valence-electron chi connectivity index (χ0n) is 22.5. The third-order valence-electron chi connectivity index (χ3n) is 6.56. The van der Waals surface area contributed by atoms with E-state index in [-0.39, 0.29) is 68.9 Å². The molecule has 0 saturated carbocycles. The number of H-pyrrole nitrogens is 1. The molecule has 43 heavy (non-hydrogen) atoms. The second kappa shape index (κ2) is 13.9. The first-order valence-corrected chi connectivity index (χ1v) is 15.1. The van der Waals surface area contributed by atoms with Gasteiger partial charge in [0, 0.05) is 31.9 Å². The Morgan fingerprint density at radius 1 is 0.884 bits per heavy atom. The molecule has 0 aliphatic rings. The maximum absolute atomic E-state index is 13.7. The summed E-state index contributed by atoms with van der Waals surface area (Å²) < 4.78 is 0. The third kappa shape index (κ3) is 7.02. The predicted molar refractivity (Wildman–Crippen MR) is 166 cm³/mol. The van der Waals surface area contributed by atoms with Crippen LogP contribution in [0.3, 0.4) is 0 Å². The van der Waals surface area contributed by atoms with Crippen molar-refractivity contribution < 1.29 is 56.5 Å². The van der Waals surface area contributed by atoms with Crippen molar-refractivity contribution in [1.82, 2.24) is 19.9 Å². The standard InChI is InChI=1S/C31H19Cl2N5O2S2.K/c32-19-9-5-17(6-10-19)25-15-41-30(36-25)22(28-35-24-4-2-1-3-21(24)29(40)38-28)13-27(39)23(14-34)31-37-26(16-42-31)18-7-11-20(33)12-8-18;/h1-12,15-16,22,39H,13H2,(H,35,38,40);/q;+1/p-1/b27-23-;. The number of fused-ring (bicyclic) bond motifs is 1. The number of nitrogens with zero attached hydrogens (tertiary/aromatic N) is 4. The minimum absolute atomic E-state index is 0. The summed E-state index contributed by atoms with van der Waals surface area (Å²) in [6, 6.07) is 23.5. The van der Waals surface area contributed by atoms with Gasteiger partial charge in [-0.1, -0.05) is 59.6 Å². The SMILES string of the molecule is N#C/C(=C(/[O-])CC(c1nc2ccccc2c(=O)[nH]1)c1nc(-c2ccc(Cl)cc2)cs1)c1nc(-c2ccc(Cl)cc2)cs1.[K+]. The number of allylic oxidation sites excluding steroid dienone is 2. The molecule has 0 saturated heterocycles. The number of aromatic nitrogens is 4. The molecule has 1 unspecified atom stereocenters. The van der Waals surface area contributed by atoms with Gasteiger partial charge in [-0.3, -0.25) is 4.79 Å². The maximum atomic E-state index is 13.7. The van der Waals surface area contributed by atoms with Crippen LogP contribution < -0.4 is 62.1 Å². The van der Waals surface area contributed by atoms with E-state index in [0.717, 1.165) is 11.1 Å². The summed E-state index contributed by atoms with van der Waals surface area (Å²) in [7, 11) is 0. The fraction of sp³-hybridized carbons (Fsp3) is 0.0645. The molecule has 0 bridgehead atoms. The van der Waals surface area contributed by atoms with Crippen LogP contribution in [-0.2, 0) is 0 Å². The Bertz CT molecular complexity index is 2050. The van der Waals surface area contributed by atoms with Crippen LogP contribution in [0.25, 0.3) is 39.0 Å². The van der Waals surface area contributed by atoms with Gasteiger partial charge in [-0.25, -0.2) is 15.0 Å². The summed E-state index contributed by atoms with van der Waals surface area (Å²) >= 11 is 14.6. The zero-order chi connectivity index (χ0) is 29.2. The molecule has 0 radical (unpaired) electrons. The zero-order valence-corrected chi connectivity index (χ0v) is 28.8. The molecule has 0 aliphatic carbocycles. The molecule has 0 aliphatic heterocycles. The number of nitrogens with one attached hydrogen (secondary N) is 1. The molecule has 3 aromatic carbocycles. The van der Waals surface area contributed by atoms with Gasteiger partial charge in [0.1, 0.15) is 21.9 Å². The molecular weight excluding hydrogens is 649 g/mol. The Kier molecular flexibility index (Phi) is 10.3. The van der Waals surface area contributed by atoms with E-state index in [1.165, 1.54) is 22.7 Å². The summed E-state index contributed by atoms with van der Waals surface area (Å²) in [5.74, 6) is -0.846. The number of thiazole rings is 2. The van der Waals surface area contributed by atoms with E-state index in [9.17, 15) is 15.2 Å². The normalized spacial score (nSPS) is 12.3. The van der Waals surface area contributed by atoms with Crippen molar-refractivity contribution in [3.63, 3.8) is 0 Å². The Labute approximate surface area is 307 Å². The quantitative estimate of drug-likeness (QED) is 0.154. The monoisotopic (exact) mass is 665 g/mol. The number of benzene rings is 3. The molecule has 0 amide bonds. The first-order chi connectivity index (χ1) is 20.4. The third-order valence-corrected chi connectivity index (χ3v) is 8.88. The molecule has 3 aromatic heterocycles. The molecule has 6 rings (SSSR count).